The first kappa shape index (κ1) is 18.9. The van der Waals surface area contributed by atoms with Crippen LogP contribution in [0.3, 0.4) is 0 Å². The van der Waals surface area contributed by atoms with Crippen molar-refractivity contribution in [3.8, 4) is 5.75 Å². The number of hydrogen-bond acceptors (Lipinski definition) is 3. The van der Waals surface area contributed by atoms with Crippen LogP contribution in [-0.4, -0.2) is 55.2 Å². The number of aliphatic imine (C=N–C) groups is 1. The number of rotatable bonds is 4. The molecule has 0 amide bonds. The number of para-hydroxylation sites is 2. The van der Waals surface area contributed by atoms with Crippen molar-refractivity contribution in [3.63, 3.8) is 0 Å². The van der Waals surface area contributed by atoms with Crippen molar-refractivity contribution in [2.45, 2.75) is 20.3 Å². The molecule has 1 aromatic rings. The summed E-state index contributed by atoms with van der Waals surface area (Å²) in [6.45, 7) is 9.63. The smallest absolute Gasteiger partial charge is 0.194 e. The molecule has 1 aliphatic heterocycles. The number of nitrogens with one attached hydrogen (secondary N) is 1. The van der Waals surface area contributed by atoms with E-state index in [9.17, 15) is 5.11 Å². The minimum atomic E-state index is 0. The predicted octanol–water partition coefficient (Wildman–Crippen LogP) is 2.51. The van der Waals surface area contributed by atoms with Crippen LogP contribution in [-0.2, 0) is 0 Å². The fraction of sp³-hybridized carbons (Fsp3) is 0.562. The molecular formula is C16H27IN4O. The standard InChI is InChI=1S/C16H26N4O.HI/c1-3-9-18-16(17-4-2)20-12-10-19(11-13-20)14-7-5-6-8-15(14)21;/h5-8,21H,3-4,9-13H2,1-2H3,(H,17,18);1H. The van der Waals surface area contributed by atoms with Crippen LogP contribution in [0.15, 0.2) is 29.3 Å². The Hall–Kier alpha value is -1.18. The van der Waals surface area contributed by atoms with Crippen LogP contribution in [0.5, 0.6) is 5.75 Å². The third-order valence-corrected chi connectivity index (χ3v) is 3.62. The van der Waals surface area contributed by atoms with Crippen molar-refractivity contribution >= 4 is 35.6 Å². The molecule has 1 aliphatic rings. The lowest BCUT2D eigenvalue weighted by atomic mass is 10.2. The maximum absolute atomic E-state index is 9.95. The number of halogens is 1. The third kappa shape index (κ3) is 4.93. The second-order valence-electron chi connectivity index (χ2n) is 5.20. The van der Waals surface area contributed by atoms with E-state index in [0.717, 1.165) is 57.3 Å². The van der Waals surface area contributed by atoms with E-state index in [1.54, 1.807) is 6.07 Å². The van der Waals surface area contributed by atoms with Crippen LogP contribution in [0.4, 0.5) is 5.69 Å². The first-order valence-corrected chi connectivity index (χ1v) is 7.82. The summed E-state index contributed by atoms with van der Waals surface area (Å²) in [4.78, 5) is 9.17. The molecule has 1 fully saturated rings. The molecule has 0 atom stereocenters. The lowest BCUT2D eigenvalue weighted by Gasteiger charge is -2.37. The molecule has 22 heavy (non-hydrogen) atoms. The topological polar surface area (TPSA) is 51.1 Å². The zero-order valence-electron chi connectivity index (χ0n) is 13.5. The zero-order chi connectivity index (χ0) is 15.1. The van der Waals surface area contributed by atoms with Gasteiger partial charge in [-0.2, -0.15) is 0 Å². The molecule has 2 rings (SSSR count). The predicted molar refractivity (Wildman–Crippen MR) is 104 cm³/mol. The maximum atomic E-state index is 9.95. The van der Waals surface area contributed by atoms with Gasteiger partial charge in [-0.15, -0.1) is 24.0 Å². The van der Waals surface area contributed by atoms with Gasteiger partial charge in [0.2, 0.25) is 0 Å². The van der Waals surface area contributed by atoms with E-state index >= 15 is 0 Å². The Balaban J connectivity index is 0.00000242. The molecule has 1 aromatic carbocycles. The van der Waals surface area contributed by atoms with Gasteiger partial charge in [0.15, 0.2) is 5.96 Å². The Kier molecular flexibility index (Phi) is 8.37. The van der Waals surface area contributed by atoms with E-state index in [-0.39, 0.29) is 24.0 Å². The summed E-state index contributed by atoms with van der Waals surface area (Å²) < 4.78 is 0. The molecule has 5 nitrogen and oxygen atoms in total. The summed E-state index contributed by atoms with van der Waals surface area (Å²) in [7, 11) is 0. The Bertz CT molecular complexity index is 473. The van der Waals surface area contributed by atoms with Crippen molar-refractivity contribution in [3.05, 3.63) is 24.3 Å². The average molecular weight is 418 g/mol. The highest BCUT2D eigenvalue weighted by molar-refractivity contribution is 14.0. The Morgan fingerprint density at radius 3 is 2.45 bits per heavy atom. The van der Waals surface area contributed by atoms with Crippen molar-refractivity contribution in [1.29, 1.82) is 0 Å². The van der Waals surface area contributed by atoms with Crippen molar-refractivity contribution in [2.24, 2.45) is 4.99 Å². The minimum absolute atomic E-state index is 0. The molecule has 1 saturated heterocycles. The lowest BCUT2D eigenvalue weighted by Crippen LogP contribution is -2.52. The summed E-state index contributed by atoms with van der Waals surface area (Å²) >= 11 is 0. The van der Waals surface area contributed by atoms with E-state index in [2.05, 4.69) is 34.0 Å². The second-order valence-corrected chi connectivity index (χ2v) is 5.20. The van der Waals surface area contributed by atoms with Crippen LogP contribution < -0.4 is 10.2 Å². The highest BCUT2D eigenvalue weighted by atomic mass is 127. The molecule has 0 aliphatic carbocycles. The number of guanidine groups is 1. The van der Waals surface area contributed by atoms with Gasteiger partial charge in [-0.05, 0) is 25.5 Å². The summed E-state index contributed by atoms with van der Waals surface area (Å²) in [6.07, 6.45) is 1.06. The Morgan fingerprint density at radius 2 is 1.86 bits per heavy atom. The molecule has 0 aromatic heterocycles. The Labute approximate surface area is 150 Å². The van der Waals surface area contributed by atoms with E-state index in [1.165, 1.54) is 0 Å². The molecule has 0 radical (unpaired) electrons. The number of nitrogens with zero attached hydrogens (tertiary/aromatic N) is 3. The molecule has 0 saturated carbocycles. The molecule has 124 valence electrons. The highest BCUT2D eigenvalue weighted by Gasteiger charge is 2.21. The summed E-state index contributed by atoms with van der Waals surface area (Å²) in [5, 5.41) is 13.3. The summed E-state index contributed by atoms with van der Waals surface area (Å²) in [5.74, 6) is 1.37. The van der Waals surface area contributed by atoms with Crippen LogP contribution in [0.1, 0.15) is 20.3 Å². The number of phenolic OH excluding ortho intramolecular Hbond substituents is 1. The van der Waals surface area contributed by atoms with Gasteiger partial charge in [0, 0.05) is 39.3 Å². The van der Waals surface area contributed by atoms with Crippen LogP contribution in [0.2, 0.25) is 0 Å². The number of phenols is 1. The van der Waals surface area contributed by atoms with Gasteiger partial charge >= 0.3 is 0 Å². The molecular weight excluding hydrogens is 391 g/mol. The Morgan fingerprint density at radius 1 is 1.18 bits per heavy atom. The monoisotopic (exact) mass is 418 g/mol. The normalized spacial score (nSPS) is 15.5. The number of anilines is 1. The molecule has 6 heteroatoms. The maximum Gasteiger partial charge on any atom is 0.194 e. The first-order chi connectivity index (χ1) is 10.3. The summed E-state index contributed by atoms with van der Waals surface area (Å²) in [6, 6.07) is 7.54. The molecule has 0 bridgehead atoms. The van der Waals surface area contributed by atoms with Crippen molar-refractivity contribution < 1.29 is 5.11 Å². The van der Waals surface area contributed by atoms with Crippen molar-refractivity contribution in [2.75, 3.05) is 44.2 Å². The van der Waals surface area contributed by atoms with Gasteiger partial charge in [-0.25, -0.2) is 0 Å². The minimum Gasteiger partial charge on any atom is -0.506 e. The second kappa shape index (κ2) is 9.76. The van der Waals surface area contributed by atoms with Crippen molar-refractivity contribution in [1.82, 2.24) is 10.2 Å². The van der Waals surface area contributed by atoms with Gasteiger partial charge in [-0.3, -0.25) is 4.99 Å². The zero-order valence-corrected chi connectivity index (χ0v) is 15.8. The number of piperazine rings is 1. The molecule has 0 spiro atoms. The fourth-order valence-electron chi connectivity index (χ4n) is 2.53. The van der Waals surface area contributed by atoms with Gasteiger partial charge in [0.1, 0.15) is 5.75 Å². The quantitative estimate of drug-likeness (QED) is 0.448. The largest absolute Gasteiger partial charge is 0.506 e. The third-order valence-electron chi connectivity index (χ3n) is 3.62. The van der Waals surface area contributed by atoms with E-state index in [4.69, 9.17) is 0 Å². The fourth-order valence-corrected chi connectivity index (χ4v) is 2.53. The van der Waals surface area contributed by atoms with Gasteiger partial charge in [-0.1, -0.05) is 19.1 Å². The molecule has 0 unspecified atom stereocenters. The van der Waals surface area contributed by atoms with E-state index < -0.39 is 0 Å². The van der Waals surface area contributed by atoms with Gasteiger partial charge in [0.25, 0.3) is 0 Å². The summed E-state index contributed by atoms with van der Waals surface area (Å²) in [5.41, 5.74) is 0.924. The SMILES string of the molecule is CCCN=C(NCC)N1CCN(c2ccccc2O)CC1.I. The average Bonchev–Trinajstić information content (AvgIpc) is 2.52. The van der Waals surface area contributed by atoms with Crippen LogP contribution in [0, 0.1) is 0 Å². The lowest BCUT2D eigenvalue weighted by molar-refractivity contribution is 0.370. The first-order valence-electron chi connectivity index (χ1n) is 7.82. The number of aromatic hydroxyl groups is 1. The van der Waals surface area contributed by atoms with Gasteiger partial charge in [0.05, 0.1) is 5.69 Å². The number of hydrogen-bond donors (Lipinski definition) is 2. The van der Waals surface area contributed by atoms with Crippen LogP contribution >= 0.6 is 24.0 Å². The molecule has 2 N–H and O–H groups in total. The molecule has 1 heterocycles. The number of benzene rings is 1. The highest BCUT2D eigenvalue weighted by Crippen LogP contribution is 2.27. The van der Waals surface area contributed by atoms with Crippen LogP contribution in [0.25, 0.3) is 0 Å². The van der Waals surface area contributed by atoms with E-state index in [0.29, 0.717) is 5.75 Å². The van der Waals surface area contributed by atoms with Gasteiger partial charge < -0.3 is 20.2 Å². The van der Waals surface area contributed by atoms with E-state index in [1.807, 2.05) is 18.2 Å².